The summed E-state index contributed by atoms with van der Waals surface area (Å²) in [5.41, 5.74) is 12.8. The molecule has 3 aromatic heterocycles. The predicted molar refractivity (Wildman–Crippen MR) is 289 cm³/mol. The molecule has 3 heterocycles. The van der Waals surface area contributed by atoms with Gasteiger partial charge in [0.25, 0.3) is 0 Å². The topological polar surface area (TPSA) is 30.7 Å². The first-order valence-electron chi connectivity index (χ1n) is 23.1. The van der Waals surface area contributed by atoms with Crippen molar-refractivity contribution < 1.29 is 0 Å². The second-order valence-corrected chi connectivity index (χ2v) is 18.7. The summed E-state index contributed by atoms with van der Waals surface area (Å²) in [6, 6.07) is 85.9. The highest BCUT2D eigenvalue weighted by molar-refractivity contribution is 7.26. The molecule has 0 unspecified atom stereocenters. The maximum Gasteiger partial charge on any atom is 0.160 e. The van der Waals surface area contributed by atoms with Crippen LogP contribution in [-0.2, 0) is 0 Å². The van der Waals surface area contributed by atoms with Gasteiger partial charge in [0.1, 0.15) is 0 Å². The largest absolute Gasteiger partial charge is 0.309 e. The van der Waals surface area contributed by atoms with Crippen LogP contribution >= 0.6 is 11.3 Å². The zero-order chi connectivity index (χ0) is 44.7. The zero-order valence-corrected chi connectivity index (χ0v) is 37.6. The number of aromatic nitrogens is 3. The minimum Gasteiger partial charge on any atom is -0.309 e. The molecule has 0 saturated heterocycles. The van der Waals surface area contributed by atoms with Crippen molar-refractivity contribution in [2.24, 2.45) is 0 Å². The van der Waals surface area contributed by atoms with Crippen molar-refractivity contribution >= 4 is 85.6 Å². The Labute approximate surface area is 396 Å². The third kappa shape index (κ3) is 6.19. The van der Waals surface area contributed by atoms with Gasteiger partial charge in [0.05, 0.1) is 22.4 Å². The Hall–Kier alpha value is -8.70. The van der Waals surface area contributed by atoms with E-state index in [0.29, 0.717) is 5.82 Å². The monoisotopic (exact) mass is 881 g/mol. The van der Waals surface area contributed by atoms with Gasteiger partial charge in [-0.05, 0) is 103 Å². The van der Waals surface area contributed by atoms with Crippen molar-refractivity contribution in [2.45, 2.75) is 0 Å². The summed E-state index contributed by atoms with van der Waals surface area (Å²) in [6.07, 6.45) is 0. The third-order valence-electron chi connectivity index (χ3n) is 13.8. The fourth-order valence-electron chi connectivity index (χ4n) is 10.6. The molecule has 68 heavy (non-hydrogen) atoms. The summed E-state index contributed by atoms with van der Waals surface area (Å²) in [5.74, 6) is 0.691. The van der Waals surface area contributed by atoms with Crippen molar-refractivity contribution in [3.63, 3.8) is 0 Å². The van der Waals surface area contributed by atoms with Gasteiger partial charge < -0.3 is 4.57 Å². The van der Waals surface area contributed by atoms with Gasteiger partial charge in [-0.25, -0.2) is 9.97 Å². The highest BCUT2D eigenvalue weighted by Crippen LogP contribution is 2.43. The SMILES string of the molecule is c1ccc(-c2ccc3c4ccccc4n(-c4cc(-c5ccc6c7ccccc7c7ccccc7c6c5)cc(-c5cc(-c6cccc7c6sc6ccccc67)nc(-c6ccccc6)n5)c4)c3c2)cc1. The zero-order valence-electron chi connectivity index (χ0n) is 36.8. The molecule has 11 aromatic carbocycles. The van der Waals surface area contributed by atoms with Crippen molar-refractivity contribution in [3.05, 3.63) is 237 Å². The van der Waals surface area contributed by atoms with Crippen molar-refractivity contribution in [2.75, 3.05) is 0 Å². The van der Waals surface area contributed by atoms with E-state index >= 15 is 0 Å². The molecule has 0 aliphatic heterocycles. The maximum atomic E-state index is 5.47. The van der Waals surface area contributed by atoms with Crippen LogP contribution in [0, 0.1) is 0 Å². The van der Waals surface area contributed by atoms with E-state index in [9.17, 15) is 0 Å². The van der Waals surface area contributed by atoms with Gasteiger partial charge in [-0.15, -0.1) is 11.3 Å². The molecule has 0 spiro atoms. The van der Waals surface area contributed by atoms with E-state index < -0.39 is 0 Å². The van der Waals surface area contributed by atoms with Gasteiger partial charge in [0, 0.05) is 53.3 Å². The third-order valence-corrected chi connectivity index (χ3v) is 15.0. The Balaban J connectivity index is 1.06. The second kappa shape index (κ2) is 15.5. The highest BCUT2D eigenvalue weighted by Gasteiger charge is 2.20. The van der Waals surface area contributed by atoms with Crippen LogP contribution in [0.1, 0.15) is 0 Å². The van der Waals surface area contributed by atoms with Crippen LogP contribution < -0.4 is 0 Å². The van der Waals surface area contributed by atoms with E-state index in [-0.39, 0.29) is 0 Å². The minimum atomic E-state index is 0.691. The van der Waals surface area contributed by atoms with Crippen LogP contribution in [-0.4, -0.2) is 14.5 Å². The predicted octanol–water partition coefficient (Wildman–Crippen LogP) is 17.7. The molecule has 3 nitrogen and oxygen atoms in total. The van der Waals surface area contributed by atoms with Crippen LogP contribution in [0.5, 0.6) is 0 Å². The number of fused-ring (bicyclic) bond motifs is 12. The molecule has 14 rings (SSSR count). The van der Waals surface area contributed by atoms with Crippen LogP contribution in [0.3, 0.4) is 0 Å². The fourth-order valence-corrected chi connectivity index (χ4v) is 11.8. The molecule has 0 atom stereocenters. The van der Waals surface area contributed by atoms with E-state index in [1.807, 2.05) is 17.4 Å². The van der Waals surface area contributed by atoms with Crippen LogP contribution in [0.2, 0.25) is 0 Å². The molecule has 0 saturated carbocycles. The standard InChI is InChI=1S/C64H39N3S/c1-3-16-40(17-4-1)43-31-33-53-52-24-11-13-28-60(52)67(61(53)38-43)46-35-44(42-30-32-51-49-22-8-7-20-47(49)48-21-9-10-23-50(48)57(51)37-42)34-45(36-46)58-39-59(66-64(65-58)41-18-5-2-6-19-41)56-27-15-26-55-54-25-12-14-29-62(54)68-63(55)56/h1-39H. The van der Waals surface area contributed by atoms with Gasteiger partial charge in [-0.3, -0.25) is 0 Å². The lowest BCUT2D eigenvalue weighted by atomic mass is 9.91. The molecule has 0 fully saturated rings. The normalized spacial score (nSPS) is 11.8. The van der Waals surface area contributed by atoms with E-state index in [4.69, 9.17) is 9.97 Å². The molecule has 0 N–H and O–H groups in total. The van der Waals surface area contributed by atoms with Crippen molar-refractivity contribution in [1.29, 1.82) is 0 Å². The molecule has 0 amide bonds. The van der Waals surface area contributed by atoms with Gasteiger partial charge in [0.2, 0.25) is 0 Å². The second-order valence-electron chi connectivity index (χ2n) is 17.7. The summed E-state index contributed by atoms with van der Waals surface area (Å²) in [5, 5.41) is 12.5. The average Bonchev–Trinajstić information content (AvgIpc) is 3.97. The molecule has 0 radical (unpaired) electrons. The van der Waals surface area contributed by atoms with Gasteiger partial charge in [-0.2, -0.15) is 0 Å². The van der Waals surface area contributed by atoms with Crippen molar-refractivity contribution in [3.8, 4) is 61.8 Å². The molecular formula is C64H39N3S. The highest BCUT2D eigenvalue weighted by atomic mass is 32.1. The lowest BCUT2D eigenvalue weighted by molar-refractivity contribution is 1.17. The lowest BCUT2D eigenvalue weighted by Gasteiger charge is -2.16. The number of rotatable bonds is 6. The van der Waals surface area contributed by atoms with Crippen LogP contribution in [0.4, 0.5) is 0 Å². The summed E-state index contributed by atoms with van der Waals surface area (Å²) < 4.78 is 4.94. The van der Waals surface area contributed by atoms with Gasteiger partial charge in [0.15, 0.2) is 5.82 Å². The van der Waals surface area contributed by atoms with Crippen molar-refractivity contribution in [1.82, 2.24) is 14.5 Å². The summed E-state index contributed by atoms with van der Waals surface area (Å²) in [6.45, 7) is 0. The Morgan fingerprint density at radius 2 is 0.838 bits per heavy atom. The maximum absolute atomic E-state index is 5.47. The molecule has 316 valence electrons. The van der Waals surface area contributed by atoms with Gasteiger partial charge >= 0.3 is 0 Å². The lowest BCUT2D eigenvalue weighted by Crippen LogP contribution is -1.99. The van der Waals surface area contributed by atoms with Gasteiger partial charge in [-0.1, -0.05) is 188 Å². The molecule has 4 heteroatoms. The fraction of sp³-hybridized carbons (Fsp3) is 0. The summed E-state index contributed by atoms with van der Waals surface area (Å²) >= 11 is 1.83. The first kappa shape index (κ1) is 38.6. The molecule has 0 aliphatic rings. The average molecular weight is 882 g/mol. The number of hydrogen-bond acceptors (Lipinski definition) is 3. The Bertz CT molecular complexity index is 4280. The van der Waals surface area contributed by atoms with Crippen LogP contribution in [0.15, 0.2) is 237 Å². The molecular weight excluding hydrogens is 843 g/mol. The molecule has 0 aliphatic carbocycles. The molecule has 14 aromatic rings. The van der Waals surface area contributed by atoms with E-state index in [1.165, 1.54) is 74.4 Å². The first-order chi connectivity index (χ1) is 33.7. The van der Waals surface area contributed by atoms with E-state index in [2.05, 4.69) is 235 Å². The number of nitrogens with zero attached hydrogens (tertiary/aromatic N) is 3. The van der Waals surface area contributed by atoms with E-state index in [0.717, 1.165) is 55.9 Å². The number of hydrogen-bond donors (Lipinski definition) is 0. The van der Waals surface area contributed by atoms with E-state index in [1.54, 1.807) is 0 Å². The molecule has 0 bridgehead atoms. The number of para-hydroxylation sites is 1. The summed E-state index contributed by atoms with van der Waals surface area (Å²) in [4.78, 5) is 10.8. The Morgan fingerprint density at radius 1 is 0.294 bits per heavy atom. The Morgan fingerprint density at radius 3 is 1.59 bits per heavy atom. The minimum absolute atomic E-state index is 0.691. The smallest absolute Gasteiger partial charge is 0.160 e. The quantitative estimate of drug-likeness (QED) is 0.156. The first-order valence-corrected chi connectivity index (χ1v) is 24.0. The van der Waals surface area contributed by atoms with Crippen LogP contribution in [0.25, 0.3) is 136 Å². The number of benzene rings is 11. The summed E-state index contributed by atoms with van der Waals surface area (Å²) in [7, 11) is 0. The Kier molecular flexibility index (Phi) is 8.76. The number of thiophene rings is 1.